The minimum atomic E-state index is -0.275. The van der Waals surface area contributed by atoms with E-state index in [0.29, 0.717) is 18.3 Å². The van der Waals surface area contributed by atoms with Crippen LogP contribution >= 0.6 is 0 Å². The van der Waals surface area contributed by atoms with E-state index in [4.69, 9.17) is 10.5 Å². The highest BCUT2D eigenvalue weighted by atomic mass is 19.1. The van der Waals surface area contributed by atoms with E-state index in [1.807, 2.05) is 6.92 Å². The van der Waals surface area contributed by atoms with Gasteiger partial charge in [0.2, 0.25) is 0 Å². The first-order valence-corrected chi connectivity index (χ1v) is 5.68. The van der Waals surface area contributed by atoms with E-state index in [-0.39, 0.29) is 11.9 Å². The minimum absolute atomic E-state index is 0.218. The summed E-state index contributed by atoms with van der Waals surface area (Å²) < 4.78 is 18.7. The number of halogens is 1. The molecule has 0 amide bonds. The summed E-state index contributed by atoms with van der Waals surface area (Å²) in [6.07, 6.45) is 0.982. The average Bonchev–Trinajstić information content (AvgIpc) is 2.19. The summed E-state index contributed by atoms with van der Waals surface area (Å²) in [4.78, 5) is 0. The standard InChI is InChI=1S/C13H20FNO/c1-9(2)6-7-16-13-5-4-11(14)8-12(13)10(3)15/h4-5,8-10H,6-7,15H2,1-3H3/t10-/m1/s1. The smallest absolute Gasteiger partial charge is 0.124 e. The van der Waals surface area contributed by atoms with Gasteiger partial charge in [-0.3, -0.25) is 0 Å². The van der Waals surface area contributed by atoms with Crippen LogP contribution in [-0.4, -0.2) is 6.61 Å². The van der Waals surface area contributed by atoms with Crippen molar-refractivity contribution in [3.63, 3.8) is 0 Å². The lowest BCUT2D eigenvalue weighted by Gasteiger charge is -2.14. The first-order chi connectivity index (χ1) is 7.50. The van der Waals surface area contributed by atoms with E-state index in [0.717, 1.165) is 12.0 Å². The highest BCUT2D eigenvalue weighted by Crippen LogP contribution is 2.25. The van der Waals surface area contributed by atoms with Gasteiger partial charge in [0, 0.05) is 11.6 Å². The minimum Gasteiger partial charge on any atom is -0.493 e. The van der Waals surface area contributed by atoms with E-state index in [1.165, 1.54) is 12.1 Å². The Balaban J connectivity index is 2.71. The third-order valence-electron chi connectivity index (χ3n) is 2.42. The van der Waals surface area contributed by atoms with Gasteiger partial charge in [-0.2, -0.15) is 0 Å². The Bertz CT molecular complexity index is 337. The lowest BCUT2D eigenvalue weighted by atomic mass is 10.1. The van der Waals surface area contributed by atoms with Crippen LogP contribution in [0.3, 0.4) is 0 Å². The van der Waals surface area contributed by atoms with Crippen LogP contribution in [0.15, 0.2) is 18.2 Å². The molecule has 2 N–H and O–H groups in total. The average molecular weight is 225 g/mol. The third-order valence-corrected chi connectivity index (χ3v) is 2.42. The number of rotatable bonds is 5. The second-order valence-corrected chi connectivity index (χ2v) is 4.50. The van der Waals surface area contributed by atoms with Crippen LogP contribution in [0.5, 0.6) is 5.75 Å². The monoisotopic (exact) mass is 225 g/mol. The summed E-state index contributed by atoms with van der Waals surface area (Å²) in [7, 11) is 0. The summed E-state index contributed by atoms with van der Waals surface area (Å²) in [5.74, 6) is 1.01. The SMILES string of the molecule is CC(C)CCOc1ccc(F)cc1[C@@H](C)N. The molecular formula is C13H20FNO. The van der Waals surface area contributed by atoms with Crippen LogP contribution in [0.1, 0.15) is 38.8 Å². The Hall–Kier alpha value is -1.09. The van der Waals surface area contributed by atoms with Crippen molar-refractivity contribution in [2.45, 2.75) is 33.2 Å². The topological polar surface area (TPSA) is 35.2 Å². The lowest BCUT2D eigenvalue weighted by Crippen LogP contribution is -2.10. The first kappa shape index (κ1) is 13.0. The molecule has 0 spiro atoms. The van der Waals surface area contributed by atoms with Gasteiger partial charge < -0.3 is 10.5 Å². The summed E-state index contributed by atoms with van der Waals surface area (Å²) >= 11 is 0. The molecule has 0 bridgehead atoms. The van der Waals surface area contributed by atoms with E-state index in [1.54, 1.807) is 6.07 Å². The molecule has 0 fully saturated rings. The molecule has 1 rings (SSSR count). The van der Waals surface area contributed by atoms with E-state index in [9.17, 15) is 4.39 Å². The van der Waals surface area contributed by atoms with Gasteiger partial charge >= 0.3 is 0 Å². The second kappa shape index (κ2) is 5.85. The number of nitrogens with two attached hydrogens (primary N) is 1. The second-order valence-electron chi connectivity index (χ2n) is 4.50. The molecule has 1 aromatic rings. The largest absolute Gasteiger partial charge is 0.493 e. The van der Waals surface area contributed by atoms with Crippen LogP contribution in [-0.2, 0) is 0 Å². The van der Waals surface area contributed by atoms with Gasteiger partial charge in [0.1, 0.15) is 11.6 Å². The van der Waals surface area contributed by atoms with Gasteiger partial charge in [0.15, 0.2) is 0 Å². The zero-order valence-electron chi connectivity index (χ0n) is 10.2. The van der Waals surface area contributed by atoms with Crippen molar-refractivity contribution in [1.82, 2.24) is 0 Å². The summed E-state index contributed by atoms with van der Waals surface area (Å²) in [6, 6.07) is 4.27. The van der Waals surface area contributed by atoms with Crippen LogP contribution in [0.4, 0.5) is 4.39 Å². The number of ether oxygens (including phenoxy) is 1. The van der Waals surface area contributed by atoms with Crippen LogP contribution in [0, 0.1) is 11.7 Å². The Labute approximate surface area is 96.6 Å². The van der Waals surface area contributed by atoms with Crippen molar-refractivity contribution in [3.05, 3.63) is 29.6 Å². The molecule has 0 radical (unpaired) electrons. The molecule has 0 aliphatic carbocycles. The molecule has 3 heteroatoms. The van der Waals surface area contributed by atoms with Crippen LogP contribution in [0.25, 0.3) is 0 Å². The molecule has 0 aliphatic heterocycles. The van der Waals surface area contributed by atoms with E-state index >= 15 is 0 Å². The molecule has 2 nitrogen and oxygen atoms in total. The molecule has 0 unspecified atom stereocenters. The Morgan fingerprint density at radius 3 is 2.56 bits per heavy atom. The fourth-order valence-electron chi connectivity index (χ4n) is 1.41. The Kier molecular flexibility index (Phi) is 4.74. The molecule has 0 aromatic heterocycles. The zero-order chi connectivity index (χ0) is 12.1. The van der Waals surface area contributed by atoms with Crippen molar-refractivity contribution >= 4 is 0 Å². The highest BCUT2D eigenvalue weighted by Gasteiger charge is 2.09. The fraction of sp³-hybridized carbons (Fsp3) is 0.538. The maximum absolute atomic E-state index is 13.0. The van der Waals surface area contributed by atoms with Crippen molar-refractivity contribution < 1.29 is 9.13 Å². The van der Waals surface area contributed by atoms with Crippen LogP contribution < -0.4 is 10.5 Å². The summed E-state index contributed by atoms with van der Waals surface area (Å²) in [5.41, 5.74) is 6.49. The summed E-state index contributed by atoms with van der Waals surface area (Å²) in [6.45, 7) is 6.74. The van der Waals surface area contributed by atoms with Gasteiger partial charge in [-0.15, -0.1) is 0 Å². The molecule has 0 heterocycles. The third kappa shape index (κ3) is 3.81. The number of hydrogen-bond donors (Lipinski definition) is 1. The van der Waals surface area contributed by atoms with Crippen molar-refractivity contribution in [2.75, 3.05) is 6.61 Å². The maximum atomic E-state index is 13.0. The normalized spacial score (nSPS) is 12.9. The predicted octanol–water partition coefficient (Wildman–Crippen LogP) is 3.27. The zero-order valence-corrected chi connectivity index (χ0v) is 10.2. The van der Waals surface area contributed by atoms with Gasteiger partial charge in [-0.1, -0.05) is 13.8 Å². The van der Waals surface area contributed by atoms with Crippen LogP contribution in [0.2, 0.25) is 0 Å². The summed E-state index contributed by atoms with van der Waals surface area (Å²) in [5, 5.41) is 0. The highest BCUT2D eigenvalue weighted by molar-refractivity contribution is 5.36. The first-order valence-electron chi connectivity index (χ1n) is 5.68. The molecule has 90 valence electrons. The molecule has 1 aromatic carbocycles. The van der Waals surface area contributed by atoms with Gasteiger partial charge in [0.25, 0.3) is 0 Å². The number of benzene rings is 1. The fourth-order valence-corrected chi connectivity index (χ4v) is 1.41. The predicted molar refractivity (Wildman–Crippen MR) is 64.0 cm³/mol. The maximum Gasteiger partial charge on any atom is 0.124 e. The molecule has 1 atom stereocenters. The van der Waals surface area contributed by atoms with Gasteiger partial charge in [0.05, 0.1) is 6.61 Å². The van der Waals surface area contributed by atoms with Crippen molar-refractivity contribution in [3.8, 4) is 5.75 Å². The van der Waals surface area contributed by atoms with Gasteiger partial charge in [-0.25, -0.2) is 4.39 Å². The molecule has 0 saturated carbocycles. The van der Waals surface area contributed by atoms with Crippen molar-refractivity contribution in [1.29, 1.82) is 0 Å². The Morgan fingerprint density at radius 1 is 1.31 bits per heavy atom. The molecule has 0 saturated heterocycles. The van der Waals surface area contributed by atoms with Crippen molar-refractivity contribution in [2.24, 2.45) is 11.7 Å². The molecule has 16 heavy (non-hydrogen) atoms. The van der Waals surface area contributed by atoms with E-state index in [2.05, 4.69) is 13.8 Å². The number of hydrogen-bond acceptors (Lipinski definition) is 2. The van der Waals surface area contributed by atoms with Gasteiger partial charge in [-0.05, 0) is 37.5 Å². The van der Waals surface area contributed by atoms with E-state index < -0.39 is 0 Å². The lowest BCUT2D eigenvalue weighted by molar-refractivity contribution is 0.285. The Morgan fingerprint density at radius 2 is 2.00 bits per heavy atom. The quantitative estimate of drug-likeness (QED) is 0.834. The molecular weight excluding hydrogens is 205 g/mol. The molecule has 0 aliphatic rings.